The molecule has 2 aromatic rings. The Balaban J connectivity index is 2.49. The molecule has 0 bridgehead atoms. The van der Waals surface area contributed by atoms with E-state index in [4.69, 9.17) is 5.26 Å². The molecule has 0 radical (unpaired) electrons. The molecule has 0 spiro atoms. The fraction of sp³-hybridized carbons (Fsp3) is 0.143. The summed E-state index contributed by atoms with van der Waals surface area (Å²) in [6, 6.07) is 7.00. The van der Waals surface area contributed by atoms with Gasteiger partial charge in [-0.2, -0.15) is 5.26 Å². The van der Waals surface area contributed by atoms with Gasteiger partial charge in [-0.25, -0.2) is 8.78 Å². The van der Waals surface area contributed by atoms with Crippen LogP contribution in [0.25, 0.3) is 0 Å². The zero-order valence-electron chi connectivity index (χ0n) is 10.4. The lowest BCUT2D eigenvalue weighted by atomic mass is 10.2. The lowest BCUT2D eigenvalue weighted by Gasteiger charge is -2.08. The van der Waals surface area contributed by atoms with Gasteiger partial charge in [0, 0.05) is 10.6 Å². The number of halogens is 2. The van der Waals surface area contributed by atoms with E-state index in [0.717, 1.165) is 35.7 Å². The largest absolute Gasteiger partial charge is 0.257 e. The van der Waals surface area contributed by atoms with Crippen LogP contribution in [0.5, 0.6) is 0 Å². The van der Waals surface area contributed by atoms with Crippen molar-refractivity contribution in [1.29, 1.82) is 5.26 Å². The van der Waals surface area contributed by atoms with Crippen molar-refractivity contribution < 1.29 is 8.78 Å². The predicted octanol–water partition coefficient (Wildman–Crippen LogP) is 4.00. The summed E-state index contributed by atoms with van der Waals surface area (Å²) in [5.74, 6) is -1.02. The lowest BCUT2D eigenvalue weighted by molar-refractivity contribution is 0.577. The molecule has 0 aliphatic rings. The van der Waals surface area contributed by atoms with Gasteiger partial charge in [0.1, 0.15) is 17.7 Å². The molecule has 0 unspecified atom stereocenters. The van der Waals surface area contributed by atoms with Crippen LogP contribution in [0.15, 0.2) is 34.1 Å². The maximum Gasteiger partial charge on any atom is 0.137 e. The molecule has 5 heteroatoms. The third kappa shape index (κ3) is 2.91. The van der Waals surface area contributed by atoms with Crippen molar-refractivity contribution in [2.24, 2.45) is 0 Å². The van der Waals surface area contributed by atoms with Crippen LogP contribution in [0, 0.1) is 36.8 Å². The molecule has 0 aliphatic heterocycles. The molecule has 0 saturated heterocycles. The van der Waals surface area contributed by atoms with E-state index in [1.165, 1.54) is 0 Å². The molecule has 1 heterocycles. The van der Waals surface area contributed by atoms with E-state index >= 15 is 0 Å². The first kappa shape index (κ1) is 13.5. The quantitative estimate of drug-likeness (QED) is 0.832. The van der Waals surface area contributed by atoms with Gasteiger partial charge in [-0.1, -0.05) is 11.8 Å². The molecule has 0 aliphatic carbocycles. The number of pyridine rings is 1. The predicted molar refractivity (Wildman–Crippen MR) is 68.9 cm³/mol. The summed E-state index contributed by atoms with van der Waals surface area (Å²) >= 11 is 1.03. The Kier molecular flexibility index (Phi) is 3.82. The summed E-state index contributed by atoms with van der Waals surface area (Å²) in [6.07, 6.45) is 0. The van der Waals surface area contributed by atoms with Crippen molar-refractivity contribution in [2.45, 2.75) is 23.6 Å². The van der Waals surface area contributed by atoms with Crippen molar-refractivity contribution in [1.82, 2.24) is 4.98 Å². The second kappa shape index (κ2) is 5.37. The highest BCUT2D eigenvalue weighted by atomic mass is 32.2. The standard InChI is InChI=1S/C14H10F2N2S/c1-8-5-13(11(7-17)9(2)18-8)19-14-6-10(15)3-4-12(14)16/h3-6H,1-2H3. The summed E-state index contributed by atoms with van der Waals surface area (Å²) in [7, 11) is 0. The van der Waals surface area contributed by atoms with Gasteiger partial charge in [-0.3, -0.25) is 4.98 Å². The maximum absolute atomic E-state index is 13.6. The summed E-state index contributed by atoms with van der Waals surface area (Å²) < 4.78 is 26.7. The molecule has 0 N–H and O–H groups in total. The molecular weight excluding hydrogens is 266 g/mol. The molecular formula is C14H10F2N2S. The molecule has 0 saturated carbocycles. The number of aryl methyl sites for hydroxylation is 2. The summed E-state index contributed by atoms with van der Waals surface area (Å²) in [5, 5.41) is 9.12. The molecule has 0 fully saturated rings. The van der Waals surface area contributed by atoms with Crippen LogP contribution < -0.4 is 0 Å². The number of hydrogen-bond donors (Lipinski definition) is 0. The Bertz CT molecular complexity index is 678. The highest BCUT2D eigenvalue weighted by Crippen LogP contribution is 2.33. The first-order valence-electron chi connectivity index (χ1n) is 5.52. The topological polar surface area (TPSA) is 36.7 Å². The van der Waals surface area contributed by atoms with Crippen LogP contribution in [0.1, 0.15) is 17.0 Å². The fourth-order valence-corrected chi connectivity index (χ4v) is 2.78. The highest BCUT2D eigenvalue weighted by Gasteiger charge is 2.12. The summed E-state index contributed by atoms with van der Waals surface area (Å²) in [5.41, 5.74) is 1.71. The van der Waals surface area contributed by atoms with Crippen LogP contribution in [0.2, 0.25) is 0 Å². The Morgan fingerprint density at radius 1 is 1.16 bits per heavy atom. The van der Waals surface area contributed by atoms with Crippen molar-refractivity contribution in [3.05, 3.63) is 52.9 Å². The Morgan fingerprint density at radius 2 is 1.89 bits per heavy atom. The number of aromatic nitrogens is 1. The van der Waals surface area contributed by atoms with E-state index in [-0.39, 0.29) is 4.90 Å². The lowest BCUT2D eigenvalue weighted by Crippen LogP contribution is -1.94. The zero-order chi connectivity index (χ0) is 14.0. The van der Waals surface area contributed by atoms with Crippen LogP contribution in [0.4, 0.5) is 8.78 Å². The maximum atomic E-state index is 13.6. The second-order valence-corrected chi connectivity index (χ2v) is 5.09. The summed E-state index contributed by atoms with van der Waals surface area (Å²) in [6.45, 7) is 3.51. The molecule has 2 nitrogen and oxygen atoms in total. The van der Waals surface area contributed by atoms with Gasteiger partial charge in [0.25, 0.3) is 0 Å². The van der Waals surface area contributed by atoms with Crippen molar-refractivity contribution in [3.8, 4) is 6.07 Å². The molecule has 1 aromatic heterocycles. The SMILES string of the molecule is Cc1cc(Sc2cc(F)ccc2F)c(C#N)c(C)n1. The van der Waals surface area contributed by atoms with E-state index in [2.05, 4.69) is 4.98 Å². The van der Waals surface area contributed by atoms with Crippen LogP contribution in [-0.4, -0.2) is 4.98 Å². The monoisotopic (exact) mass is 276 g/mol. The Hall–Kier alpha value is -1.93. The smallest absolute Gasteiger partial charge is 0.137 e. The van der Waals surface area contributed by atoms with E-state index in [9.17, 15) is 8.78 Å². The molecule has 2 rings (SSSR count). The number of hydrogen-bond acceptors (Lipinski definition) is 3. The van der Waals surface area contributed by atoms with Crippen molar-refractivity contribution in [2.75, 3.05) is 0 Å². The molecule has 0 atom stereocenters. The fourth-order valence-electron chi connectivity index (χ4n) is 1.68. The number of nitriles is 1. The number of rotatable bonds is 2. The van der Waals surface area contributed by atoms with Gasteiger partial charge >= 0.3 is 0 Å². The second-order valence-electron chi connectivity index (χ2n) is 4.01. The minimum atomic E-state index is -0.512. The van der Waals surface area contributed by atoms with E-state index in [1.807, 2.05) is 6.07 Å². The van der Waals surface area contributed by atoms with Gasteiger partial charge < -0.3 is 0 Å². The van der Waals surface area contributed by atoms with Crippen molar-refractivity contribution in [3.63, 3.8) is 0 Å². The average molecular weight is 276 g/mol. The summed E-state index contributed by atoms with van der Waals surface area (Å²) in [4.78, 5) is 4.92. The van der Waals surface area contributed by atoms with Crippen LogP contribution >= 0.6 is 11.8 Å². The zero-order valence-corrected chi connectivity index (χ0v) is 11.2. The number of benzene rings is 1. The molecule has 1 aromatic carbocycles. The first-order chi connectivity index (χ1) is 9.01. The van der Waals surface area contributed by atoms with Gasteiger partial charge in [0.15, 0.2) is 0 Å². The van der Waals surface area contributed by atoms with E-state index in [1.54, 1.807) is 19.9 Å². The van der Waals surface area contributed by atoms with Crippen molar-refractivity contribution >= 4 is 11.8 Å². The third-order valence-corrected chi connectivity index (χ3v) is 3.59. The minimum absolute atomic E-state index is 0.154. The van der Waals surface area contributed by atoms with Crippen LogP contribution in [-0.2, 0) is 0 Å². The van der Waals surface area contributed by atoms with Gasteiger partial charge in [-0.15, -0.1) is 0 Å². The normalized spacial score (nSPS) is 10.3. The average Bonchev–Trinajstić information content (AvgIpc) is 2.33. The minimum Gasteiger partial charge on any atom is -0.257 e. The van der Waals surface area contributed by atoms with Gasteiger partial charge in [0.05, 0.1) is 16.2 Å². The number of nitrogens with zero attached hydrogens (tertiary/aromatic N) is 2. The Labute approximate surface area is 114 Å². The molecule has 96 valence electrons. The third-order valence-electron chi connectivity index (χ3n) is 2.52. The Morgan fingerprint density at radius 3 is 2.58 bits per heavy atom. The van der Waals surface area contributed by atoms with E-state index < -0.39 is 11.6 Å². The van der Waals surface area contributed by atoms with Gasteiger partial charge in [0.2, 0.25) is 0 Å². The highest BCUT2D eigenvalue weighted by molar-refractivity contribution is 7.99. The molecule has 0 amide bonds. The van der Waals surface area contributed by atoms with Gasteiger partial charge in [-0.05, 0) is 38.1 Å². The first-order valence-corrected chi connectivity index (χ1v) is 6.34. The molecule has 19 heavy (non-hydrogen) atoms. The van der Waals surface area contributed by atoms with E-state index in [0.29, 0.717) is 16.2 Å². The van der Waals surface area contributed by atoms with Crippen LogP contribution in [0.3, 0.4) is 0 Å².